The van der Waals surface area contributed by atoms with Crippen molar-refractivity contribution in [2.45, 2.75) is 18.0 Å². The van der Waals surface area contributed by atoms with Gasteiger partial charge in [-0.05, 0) is 12.1 Å². The molecule has 6 nitrogen and oxygen atoms in total. The van der Waals surface area contributed by atoms with Crippen LogP contribution in [0.1, 0.15) is 5.82 Å². The summed E-state index contributed by atoms with van der Waals surface area (Å²) in [5, 5.41) is 0. The predicted molar refractivity (Wildman–Crippen MR) is 81.6 cm³/mol. The summed E-state index contributed by atoms with van der Waals surface area (Å²) in [6, 6.07) is 8.52. The molecule has 0 N–H and O–H groups in total. The molecule has 22 heavy (non-hydrogen) atoms. The second-order valence-corrected chi connectivity index (χ2v) is 7.37. The summed E-state index contributed by atoms with van der Waals surface area (Å²) in [4.78, 5) is 4.60. The molecule has 0 bridgehead atoms. The second-order valence-electron chi connectivity index (χ2n) is 5.43. The number of imidazole rings is 1. The number of ether oxygens (including phenoxy) is 1. The summed E-state index contributed by atoms with van der Waals surface area (Å²) in [6.45, 7) is 1.93. The molecule has 0 radical (unpaired) electrons. The molecule has 7 heteroatoms. The van der Waals surface area contributed by atoms with Gasteiger partial charge in [-0.3, -0.25) is 0 Å². The van der Waals surface area contributed by atoms with E-state index in [2.05, 4.69) is 4.98 Å². The molecule has 1 aliphatic heterocycles. The van der Waals surface area contributed by atoms with Gasteiger partial charge < -0.3 is 9.30 Å². The Bertz CT molecular complexity index is 728. The zero-order valence-corrected chi connectivity index (χ0v) is 13.2. The molecule has 1 aliphatic rings. The molecule has 118 valence electrons. The Morgan fingerprint density at radius 3 is 2.77 bits per heavy atom. The van der Waals surface area contributed by atoms with E-state index in [0.717, 1.165) is 5.82 Å². The smallest absolute Gasteiger partial charge is 0.243 e. The number of methoxy groups -OCH3 is 1. The van der Waals surface area contributed by atoms with Crippen LogP contribution in [0.15, 0.2) is 47.6 Å². The molecule has 0 fully saturated rings. The van der Waals surface area contributed by atoms with Crippen molar-refractivity contribution in [2.24, 2.45) is 5.92 Å². The number of rotatable bonds is 4. The average molecular weight is 321 g/mol. The first-order valence-corrected chi connectivity index (χ1v) is 8.59. The van der Waals surface area contributed by atoms with Crippen LogP contribution in [0.2, 0.25) is 0 Å². The minimum atomic E-state index is -3.53. The predicted octanol–water partition coefficient (Wildman–Crippen LogP) is 1.35. The van der Waals surface area contributed by atoms with E-state index in [9.17, 15) is 8.42 Å². The monoisotopic (exact) mass is 321 g/mol. The largest absolute Gasteiger partial charge is 0.384 e. The van der Waals surface area contributed by atoms with Crippen molar-refractivity contribution in [3.8, 4) is 0 Å². The Hall–Kier alpha value is -1.70. The van der Waals surface area contributed by atoms with Crippen LogP contribution in [-0.2, 0) is 27.8 Å². The van der Waals surface area contributed by atoms with Crippen LogP contribution in [-0.4, -0.2) is 42.5 Å². The third kappa shape index (κ3) is 2.92. The number of aromatic nitrogens is 2. The topological polar surface area (TPSA) is 64.4 Å². The van der Waals surface area contributed by atoms with E-state index in [4.69, 9.17) is 4.74 Å². The van der Waals surface area contributed by atoms with Crippen molar-refractivity contribution in [1.29, 1.82) is 0 Å². The number of benzene rings is 1. The molecule has 0 saturated carbocycles. The van der Waals surface area contributed by atoms with Crippen molar-refractivity contribution in [1.82, 2.24) is 13.9 Å². The average Bonchev–Trinajstić information content (AvgIpc) is 2.87. The molecule has 0 saturated heterocycles. The fraction of sp³-hybridized carbons (Fsp3) is 0.400. The van der Waals surface area contributed by atoms with E-state index < -0.39 is 10.0 Å². The first-order valence-electron chi connectivity index (χ1n) is 7.15. The van der Waals surface area contributed by atoms with Crippen LogP contribution in [0.3, 0.4) is 0 Å². The van der Waals surface area contributed by atoms with Gasteiger partial charge in [-0.1, -0.05) is 18.2 Å². The normalized spacial score (nSPS) is 19.6. The Morgan fingerprint density at radius 2 is 2.05 bits per heavy atom. The Labute approximate surface area is 130 Å². The van der Waals surface area contributed by atoms with E-state index in [1.165, 1.54) is 4.31 Å². The fourth-order valence-corrected chi connectivity index (χ4v) is 4.26. The number of hydrogen-bond donors (Lipinski definition) is 0. The molecule has 2 aromatic rings. The standard InChI is InChI=1S/C15H19N3O3S/c1-21-12-13-9-17-8-7-16-15(17)11-18(10-13)22(19,20)14-5-3-2-4-6-14/h2-8,13H,9-12H2,1H3/t13-/m1/s1. The van der Waals surface area contributed by atoms with Gasteiger partial charge in [0.25, 0.3) is 0 Å². The minimum Gasteiger partial charge on any atom is -0.384 e. The van der Waals surface area contributed by atoms with Crippen LogP contribution in [0.4, 0.5) is 0 Å². The maximum absolute atomic E-state index is 12.9. The van der Waals surface area contributed by atoms with Crippen molar-refractivity contribution in [3.63, 3.8) is 0 Å². The van der Waals surface area contributed by atoms with Gasteiger partial charge in [-0.25, -0.2) is 13.4 Å². The van der Waals surface area contributed by atoms with E-state index in [1.807, 2.05) is 16.8 Å². The lowest BCUT2D eigenvalue weighted by molar-refractivity contribution is 0.135. The lowest BCUT2D eigenvalue weighted by Crippen LogP contribution is -2.35. The van der Waals surface area contributed by atoms with E-state index in [1.54, 1.807) is 37.6 Å². The van der Waals surface area contributed by atoms with Gasteiger partial charge in [0.15, 0.2) is 0 Å². The Morgan fingerprint density at radius 1 is 1.27 bits per heavy atom. The number of fused-ring (bicyclic) bond motifs is 1. The molecular weight excluding hydrogens is 302 g/mol. The van der Waals surface area contributed by atoms with E-state index in [-0.39, 0.29) is 12.5 Å². The summed E-state index contributed by atoms with van der Waals surface area (Å²) < 4.78 is 34.5. The number of sulfonamides is 1. The molecule has 0 aliphatic carbocycles. The highest BCUT2D eigenvalue weighted by Crippen LogP contribution is 2.23. The first-order chi connectivity index (χ1) is 10.6. The third-order valence-corrected chi connectivity index (χ3v) is 5.65. The first kappa shape index (κ1) is 15.2. The molecule has 1 atom stereocenters. The van der Waals surface area contributed by atoms with Gasteiger partial charge in [0.05, 0.1) is 18.0 Å². The van der Waals surface area contributed by atoms with Crippen LogP contribution in [0.25, 0.3) is 0 Å². The van der Waals surface area contributed by atoms with Crippen molar-refractivity contribution in [3.05, 3.63) is 48.5 Å². The highest BCUT2D eigenvalue weighted by Gasteiger charge is 2.31. The lowest BCUT2D eigenvalue weighted by Gasteiger charge is -2.23. The van der Waals surface area contributed by atoms with Crippen molar-refractivity contribution in [2.75, 3.05) is 20.3 Å². The highest BCUT2D eigenvalue weighted by molar-refractivity contribution is 7.89. The SMILES string of the molecule is COC[C@H]1CN(S(=O)(=O)c2ccccc2)Cc2nccn2C1. The quantitative estimate of drug-likeness (QED) is 0.853. The van der Waals surface area contributed by atoms with Crippen molar-refractivity contribution >= 4 is 10.0 Å². The maximum Gasteiger partial charge on any atom is 0.243 e. The maximum atomic E-state index is 12.9. The third-order valence-electron chi connectivity index (χ3n) is 3.82. The molecule has 3 rings (SSSR count). The van der Waals surface area contributed by atoms with Gasteiger partial charge in [0.1, 0.15) is 5.82 Å². The molecular formula is C15H19N3O3S. The van der Waals surface area contributed by atoms with Gasteiger partial charge >= 0.3 is 0 Å². The Kier molecular flexibility index (Phi) is 4.28. The Balaban J connectivity index is 1.95. The molecule has 0 unspecified atom stereocenters. The van der Waals surface area contributed by atoms with Crippen LogP contribution in [0.5, 0.6) is 0 Å². The van der Waals surface area contributed by atoms with Crippen LogP contribution >= 0.6 is 0 Å². The highest BCUT2D eigenvalue weighted by atomic mass is 32.2. The molecule has 1 aromatic carbocycles. The lowest BCUT2D eigenvalue weighted by atomic mass is 10.1. The summed E-state index contributed by atoms with van der Waals surface area (Å²) in [7, 11) is -1.90. The summed E-state index contributed by atoms with van der Waals surface area (Å²) in [6.07, 6.45) is 3.59. The summed E-state index contributed by atoms with van der Waals surface area (Å²) in [5.41, 5.74) is 0. The van der Waals surface area contributed by atoms with Gasteiger partial charge in [0.2, 0.25) is 10.0 Å². The minimum absolute atomic E-state index is 0.0962. The van der Waals surface area contributed by atoms with Crippen molar-refractivity contribution < 1.29 is 13.2 Å². The molecule has 0 amide bonds. The van der Waals surface area contributed by atoms with Gasteiger partial charge in [-0.2, -0.15) is 4.31 Å². The van der Waals surface area contributed by atoms with Crippen LogP contribution in [0, 0.1) is 5.92 Å². The zero-order valence-electron chi connectivity index (χ0n) is 12.4. The summed E-state index contributed by atoms with van der Waals surface area (Å²) >= 11 is 0. The van der Waals surface area contributed by atoms with E-state index >= 15 is 0 Å². The fourth-order valence-electron chi connectivity index (χ4n) is 2.77. The molecule has 0 spiro atoms. The second kappa shape index (κ2) is 6.20. The summed E-state index contributed by atoms with van der Waals surface area (Å²) in [5.74, 6) is 0.858. The molecule has 2 heterocycles. The molecule has 1 aromatic heterocycles. The van der Waals surface area contributed by atoms with Gasteiger partial charge in [-0.15, -0.1) is 0 Å². The number of nitrogens with zero attached hydrogens (tertiary/aromatic N) is 3. The zero-order chi connectivity index (χ0) is 15.6. The van der Waals surface area contributed by atoms with Gasteiger partial charge in [0, 0.05) is 38.5 Å². The van der Waals surface area contributed by atoms with E-state index in [0.29, 0.717) is 24.6 Å². The number of hydrogen-bond acceptors (Lipinski definition) is 4. The van der Waals surface area contributed by atoms with Crippen LogP contribution < -0.4 is 0 Å².